The van der Waals surface area contributed by atoms with Gasteiger partial charge in [-0.1, -0.05) is 50.6 Å². The van der Waals surface area contributed by atoms with Crippen molar-refractivity contribution in [3.8, 4) is 17.0 Å². The van der Waals surface area contributed by atoms with Crippen LogP contribution in [0.1, 0.15) is 37.6 Å². The fraction of sp³-hybridized carbons (Fsp3) is 0.273. The smallest absolute Gasteiger partial charge is 0.221 e. The molecule has 2 aromatic heterocycles. The summed E-state index contributed by atoms with van der Waals surface area (Å²) in [6.07, 6.45) is 4.57. The summed E-state index contributed by atoms with van der Waals surface area (Å²) in [5.41, 5.74) is 5.33. The predicted molar refractivity (Wildman–Crippen MR) is 107 cm³/mol. The van der Waals surface area contributed by atoms with Crippen molar-refractivity contribution in [3.63, 3.8) is 0 Å². The lowest BCUT2D eigenvalue weighted by atomic mass is 9.91. The third-order valence-corrected chi connectivity index (χ3v) is 4.47. The molecule has 0 unspecified atom stereocenters. The number of hydrogen-bond donors (Lipinski definition) is 0. The molecule has 0 aliphatic heterocycles. The lowest BCUT2D eigenvalue weighted by molar-refractivity contribution is 0.399. The number of hydrogen-bond acceptors (Lipinski definition) is 3. The lowest BCUT2D eigenvalue weighted by Crippen LogP contribution is -2.13. The molecule has 0 aliphatic rings. The standard InChI is InChI=1S/C22H23ClN2O/c1-22(2,3)20-9-8-15(13-24-20)10-16-11-19(21(26-4)25-14-16)17-6-5-7-18(23)12-17/h5-9,11-14H,10H2,1-4H3. The molecular formula is C22H23ClN2O. The Hall–Kier alpha value is -2.39. The highest BCUT2D eigenvalue weighted by Crippen LogP contribution is 2.31. The summed E-state index contributed by atoms with van der Waals surface area (Å²) in [5, 5.41) is 0.692. The van der Waals surface area contributed by atoms with Gasteiger partial charge in [-0.3, -0.25) is 4.98 Å². The summed E-state index contributed by atoms with van der Waals surface area (Å²) < 4.78 is 5.43. The van der Waals surface area contributed by atoms with E-state index in [0.29, 0.717) is 10.9 Å². The van der Waals surface area contributed by atoms with Crippen LogP contribution in [0.5, 0.6) is 5.88 Å². The Balaban J connectivity index is 1.91. The number of aromatic nitrogens is 2. The molecule has 26 heavy (non-hydrogen) atoms. The van der Waals surface area contributed by atoms with Crippen molar-refractivity contribution in [2.75, 3.05) is 7.11 Å². The summed E-state index contributed by atoms with van der Waals surface area (Å²) in [5.74, 6) is 0.595. The van der Waals surface area contributed by atoms with Gasteiger partial charge in [-0.25, -0.2) is 4.98 Å². The molecule has 4 heteroatoms. The Morgan fingerprint density at radius 3 is 2.35 bits per heavy atom. The van der Waals surface area contributed by atoms with E-state index in [1.165, 1.54) is 0 Å². The zero-order valence-corrected chi connectivity index (χ0v) is 16.3. The molecule has 0 amide bonds. The molecule has 134 valence electrons. The molecule has 3 nitrogen and oxygen atoms in total. The molecule has 0 radical (unpaired) electrons. The van der Waals surface area contributed by atoms with E-state index < -0.39 is 0 Å². The molecule has 0 N–H and O–H groups in total. The van der Waals surface area contributed by atoms with Gasteiger partial charge in [0, 0.05) is 40.5 Å². The van der Waals surface area contributed by atoms with Gasteiger partial charge < -0.3 is 4.74 Å². The van der Waals surface area contributed by atoms with Gasteiger partial charge in [0.15, 0.2) is 0 Å². The zero-order chi connectivity index (χ0) is 18.7. The van der Waals surface area contributed by atoms with Gasteiger partial charge in [0.2, 0.25) is 5.88 Å². The lowest BCUT2D eigenvalue weighted by Gasteiger charge is -2.17. The van der Waals surface area contributed by atoms with Gasteiger partial charge in [-0.2, -0.15) is 0 Å². The molecule has 0 spiro atoms. The number of pyridine rings is 2. The largest absolute Gasteiger partial charge is 0.481 e. The second-order valence-electron chi connectivity index (χ2n) is 7.39. The quantitative estimate of drug-likeness (QED) is 0.594. The third kappa shape index (κ3) is 4.23. The summed E-state index contributed by atoms with van der Waals surface area (Å²) in [4.78, 5) is 9.08. The van der Waals surface area contributed by atoms with E-state index in [4.69, 9.17) is 16.3 Å². The Labute approximate surface area is 160 Å². The Kier molecular flexibility index (Phi) is 5.28. The Morgan fingerprint density at radius 2 is 1.73 bits per heavy atom. The number of rotatable bonds is 4. The van der Waals surface area contributed by atoms with E-state index in [0.717, 1.165) is 34.4 Å². The number of ether oxygens (including phenoxy) is 1. The van der Waals surface area contributed by atoms with E-state index in [1.54, 1.807) is 7.11 Å². The normalized spacial score (nSPS) is 11.4. The number of nitrogens with zero attached hydrogens (tertiary/aromatic N) is 2. The van der Waals surface area contributed by atoms with Crippen molar-refractivity contribution in [2.24, 2.45) is 0 Å². The van der Waals surface area contributed by atoms with Crippen LogP contribution >= 0.6 is 11.6 Å². The molecule has 3 aromatic rings. The van der Waals surface area contributed by atoms with Crippen LogP contribution in [0.15, 0.2) is 54.9 Å². The second kappa shape index (κ2) is 7.46. The summed E-state index contributed by atoms with van der Waals surface area (Å²) in [6, 6.07) is 14.1. The van der Waals surface area contributed by atoms with E-state index >= 15 is 0 Å². The molecule has 0 atom stereocenters. The highest BCUT2D eigenvalue weighted by molar-refractivity contribution is 6.30. The highest BCUT2D eigenvalue weighted by atomic mass is 35.5. The first-order valence-corrected chi connectivity index (χ1v) is 8.99. The minimum atomic E-state index is 0.0555. The summed E-state index contributed by atoms with van der Waals surface area (Å²) >= 11 is 6.14. The average Bonchev–Trinajstić information content (AvgIpc) is 2.61. The van der Waals surface area contributed by atoms with Crippen molar-refractivity contribution >= 4 is 11.6 Å². The van der Waals surface area contributed by atoms with E-state index in [1.807, 2.05) is 36.7 Å². The monoisotopic (exact) mass is 366 g/mol. The SMILES string of the molecule is COc1ncc(Cc2ccc(C(C)(C)C)nc2)cc1-c1cccc(Cl)c1. The summed E-state index contributed by atoms with van der Waals surface area (Å²) in [7, 11) is 1.63. The number of benzene rings is 1. The molecule has 0 bridgehead atoms. The van der Waals surface area contributed by atoms with Crippen LogP contribution in [-0.2, 0) is 11.8 Å². The number of halogens is 1. The Bertz CT molecular complexity index is 899. The fourth-order valence-corrected chi connectivity index (χ4v) is 3.02. The third-order valence-electron chi connectivity index (χ3n) is 4.24. The summed E-state index contributed by atoms with van der Waals surface area (Å²) in [6.45, 7) is 6.50. The molecule has 0 fully saturated rings. The van der Waals surface area contributed by atoms with E-state index in [2.05, 4.69) is 48.9 Å². The molecule has 0 saturated heterocycles. The van der Waals surface area contributed by atoms with Crippen LogP contribution in [0, 0.1) is 0 Å². The van der Waals surface area contributed by atoms with Crippen LogP contribution < -0.4 is 4.74 Å². The minimum Gasteiger partial charge on any atom is -0.481 e. The molecule has 0 aliphatic carbocycles. The Morgan fingerprint density at radius 1 is 0.962 bits per heavy atom. The maximum Gasteiger partial charge on any atom is 0.221 e. The first-order chi connectivity index (χ1) is 12.4. The first kappa shape index (κ1) is 18.4. The van der Waals surface area contributed by atoms with Crippen molar-refractivity contribution < 1.29 is 4.74 Å². The van der Waals surface area contributed by atoms with Crippen molar-refractivity contribution in [1.82, 2.24) is 9.97 Å². The van der Waals surface area contributed by atoms with E-state index in [9.17, 15) is 0 Å². The van der Waals surface area contributed by atoms with Gasteiger partial charge in [0.25, 0.3) is 0 Å². The van der Waals surface area contributed by atoms with E-state index in [-0.39, 0.29) is 5.41 Å². The van der Waals surface area contributed by atoms with Gasteiger partial charge >= 0.3 is 0 Å². The molecule has 2 heterocycles. The second-order valence-corrected chi connectivity index (χ2v) is 7.83. The maximum absolute atomic E-state index is 6.14. The molecule has 3 rings (SSSR count). The van der Waals surface area contributed by atoms with Crippen LogP contribution in [0.3, 0.4) is 0 Å². The van der Waals surface area contributed by atoms with Crippen molar-refractivity contribution in [2.45, 2.75) is 32.6 Å². The fourth-order valence-electron chi connectivity index (χ4n) is 2.83. The minimum absolute atomic E-state index is 0.0555. The van der Waals surface area contributed by atoms with Gasteiger partial charge in [0.1, 0.15) is 0 Å². The van der Waals surface area contributed by atoms with Gasteiger partial charge in [-0.15, -0.1) is 0 Å². The number of methoxy groups -OCH3 is 1. The zero-order valence-electron chi connectivity index (χ0n) is 15.6. The molecule has 1 aromatic carbocycles. The molecule has 0 saturated carbocycles. The highest BCUT2D eigenvalue weighted by Gasteiger charge is 2.15. The first-order valence-electron chi connectivity index (χ1n) is 8.61. The topological polar surface area (TPSA) is 35.0 Å². The predicted octanol–water partition coefficient (Wildman–Crippen LogP) is 5.69. The van der Waals surface area contributed by atoms with Crippen molar-refractivity contribution in [1.29, 1.82) is 0 Å². The van der Waals surface area contributed by atoms with Crippen LogP contribution in [0.25, 0.3) is 11.1 Å². The van der Waals surface area contributed by atoms with Crippen LogP contribution in [0.2, 0.25) is 5.02 Å². The molecular weight excluding hydrogens is 344 g/mol. The average molecular weight is 367 g/mol. The van der Waals surface area contributed by atoms with Gasteiger partial charge in [-0.05, 0) is 41.0 Å². The van der Waals surface area contributed by atoms with Crippen molar-refractivity contribution in [3.05, 3.63) is 76.7 Å². The van der Waals surface area contributed by atoms with Gasteiger partial charge in [0.05, 0.1) is 7.11 Å². The maximum atomic E-state index is 6.14. The van der Waals surface area contributed by atoms with Crippen LogP contribution in [0.4, 0.5) is 0 Å². The van der Waals surface area contributed by atoms with Crippen LogP contribution in [-0.4, -0.2) is 17.1 Å².